The number of carbonyl (C=O) groups excluding carboxylic acids is 2. The van der Waals surface area contributed by atoms with E-state index in [9.17, 15) is 14.0 Å². The lowest BCUT2D eigenvalue weighted by Crippen LogP contribution is -2.35. The number of hydrogen-bond donors (Lipinski definition) is 4. The lowest BCUT2D eigenvalue weighted by Gasteiger charge is -2.13. The highest BCUT2D eigenvalue weighted by atomic mass is 35.5. The number of nitrogens with zero attached hydrogens (tertiary/aromatic N) is 1. The van der Waals surface area contributed by atoms with Gasteiger partial charge in [0.15, 0.2) is 5.69 Å². The van der Waals surface area contributed by atoms with Crippen molar-refractivity contribution in [3.8, 4) is 0 Å². The molecular formula is C17H21ClFN5O2. The number of rotatable bonds is 5. The number of nitrogens with one attached hydrogen (secondary N) is 4. The van der Waals surface area contributed by atoms with Gasteiger partial charge in [0.05, 0.1) is 0 Å². The molecule has 1 aromatic heterocycles. The third kappa shape index (κ3) is 4.39. The first-order valence-corrected chi connectivity index (χ1v) is 8.15. The number of amides is 2. The number of aryl methyl sites for hydroxylation is 1. The molecule has 3 rings (SSSR count). The molecule has 140 valence electrons. The normalized spacial score (nSPS) is 12.7. The second kappa shape index (κ2) is 8.77. The van der Waals surface area contributed by atoms with Gasteiger partial charge in [-0.05, 0) is 24.6 Å². The Morgan fingerprint density at radius 2 is 1.96 bits per heavy atom. The number of hydrogen-bond acceptors (Lipinski definition) is 4. The number of carbonyl (C=O) groups is 2. The maximum atomic E-state index is 13.5. The maximum Gasteiger partial charge on any atom is 0.272 e. The number of halogens is 2. The van der Waals surface area contributed by atoms with Gasteiger partial charge in [-0.25, -0.2) is 4.39 Å². The Morgan fingerprint density at radius 3 is 2.69 bits per heavy atom. The summed E-state index contributed by atoms with van der Waals surface area (Å²) in [6, 6.07) is 4.32. The van der Waals surface area contributed by atoms with E-state index < -0.39 is 5.82 Å². The molecule has 1 aliphatic rings. The fourth-order valence-corrected chi connectivity index (χ4v) is 2.69. The zero-order valence-corrected chi connectivity index (χ0v) is 15.1. The molecule has 0 aliphatic carbocycles. The van der Waals surface area contributed by atoms with Crippen molar-refractivity contribution < 1.29 is 14.0 Å². The van der Waals surface area contributed by atoms with Gasteiger partial charge >= 0.3 is 0 Å². The standard InChI is InChI=1S/C17H20FN5O2.ClH/c1-10-2-3-11(8-13(10)18)16(24)20-6-7-21-17(25)15-12-9-19-5-4-14(12)22-23-15;/h2-3,8,19H,4-7,9H2,1H3,(H,20,24)(H,21,25)(H,22,23);1H. The van der Waals surface area contributed by atoms with Crippen LogP contribution in [0, 0.1) is 12.7 Å². The van der Waals surface area contributed by atoms with Crippen molar-refractivity contribution in [3.63, 3.8) is 0 Å². The Kier molecular flexibility index (Phi) is 6.70. The van der Waals surface area contributed by atoms with Gasteiger partial charge in [0.25, 0.3) is 11.8 Å². The molecule has 2 amide bonds. The van der Waals surface area contributed by atoms with E-state index in [1.54, 1.807) is 19.1 Å². The monoisotopic (exact) mass is 381 g/mol. The molecule has 0 atom stereocenters. The van der Waals surface area contributed by atoms with Crippen molar-refractivity contribution in [1.82, 2.24) is 26.1 Å². The molecule has 1 aromatic carbocycles. The van der Waals surface area contributed by atoms with Gasteiger partial charge in [-0.15, -0.1) is 12.4 Å². The lowest BCUT2D eigenvalue weighted by molar-refractivity contribution is 0.0924. The lowest BCUT2D eigenvalue weighted by atomic mass is 10.1. The van der Waals surface area contributed by atoms with Crippen LogP contribution in [0.2, 0.25) is 0 Å². The quantitative estimate of drug-likeness (QED) is 0.582. The molecule has 4 N–H and O–H groups in total. The van der Waals surface area contributed by atoms with Crippen molar-refractivity contribution in [2.75, 3.05) is 19.6 Å². The molecule has 2 heterocycles. The molecule has 0 radical (unpaired) electrons. The van der Waals surface area contributed by atoms with Crippen molar-refractivity contribution >= 4 is 24.2 Å². The predicted octanol–water partition coefficient (Wildman–Crippen LogP) is 1.08. The Balaban J connectivity index is 0.00000243. The van der Waals surface area contributed by atoms with Gasteiger partial charge in [-0.2, -0.15) is 5.10 Å². The van der Waals surface area contributed by atoms with Crippen LogP contribution in [-0.4, -0.2) is 41.6 Å². The van der Waals surface area contributed by atoms with Crippen LogP contribution in [0.15, 0.2) is 18.2 Å². The minimum Gasteiger partial charge on any atom is -0.350 e. The highest BCUT2D eigenvalue weighted by Gasteiger charge is 2.21. The van der Waals surface area contributed by atoms with E-state index in [-0.39, 0.29) is 42.9 Å². The molecule has 1 aliphatic heterocycles. The first-order chi connectivity index (χ1) is 12.1. The Hall–Kier alpha value is -2.45. The molecule has 0 saturated carbocycles. The van der Waals surface area contributed by atoms with Crippen molar-refractivity contribution in [3.05, 3.63) is 52.1 Å². The summed E-state index contributed by atoms with van der Waals surface area (Å²) in [6.45, 7) is 3.61. The zero-order chi connectivity index (χ0) is 17.8. The fourth-order valence-electron chi connectivity index (χ4n) is 2.69. The van der Waals surface area contributed by atoms with Crippen molar-refractivity contribution in [1.29, 1.82) is 0 Å². The average Bonchev–Trinajstić information content (AvgIpc) is 3.05. The SMILES string of the molecule is Cc1ccc(C(=O)NCCNC(=O)c2n[nH]c3c2CNCC3)cc1F.Cl. The number of aromatic nitrogens is 2. The molecule has 0 spiro atoms. The summed E-state index contributed by atoms with van der Waals surface area (Å²) in [7, 11) is 0. The molecule has 0 unspecified atom stereocenters. The molecule has 9 heteroatoms. The summed E-state index contributed by atoms with van der Waals surface area (Å²) in [5, 5.41) is 15.5. The van der Waals surface area contributed by atoms with Crippen LogP contribution in [0.3, 0.4) is 0 Å². The largest absolute Gasteiger partial charge is 0.350 e. The van der Waals surface area contributed by atoms with Gasteiger partial charge < -0.3 is 16.0 Å². The molecule has 0 saturated heterocycles. The van der Waals surface area contributed by atoms with Crippen LogP contribution in [0.5, 0.6) is 0 Å². The highest BCUT2D eigenvalue weighted by molar-refractivity contribution is 5.95. The summed E-state index contributed by atoms with van der Waals surface area (Å²) < 4.78 is 13.5. The minimum atomic E-state index is -0.419. The van der Waals surface area contributed by atoms with Gasteiger partial charge in [0.1, 0.15) is 5.82 Å². The summed E-state index contributed by atoms with van der Waals surface area (Å²) in [4.78, 5) is 24.1. The Bertz CT molecular complexity index is 808. The summed E-state index contributed by atoms with van der Waals surface area (Å²) >= 11 is 0. The van der Waals surface area contributed by atoms with Crippen molar-refractivity contribution in [2.24, 2.45) is 0 Å². The van der Waals surface area contributed by atoms with Crippen molar-refractivity contribution in [2.45, 2.75) is 19.9 Å². The van der Waals surface area contributed by atoms with Crippen LogP contribution in [0.4, 0.5) is 4.39 Å². The van der Waals surface area contributed by atoms with Crippen LogP contribution < -0.4 is 16.0 Å². The van der Waals surface area contributed by atoms with E-state index >= 15 is 0 Å². The average molecular weight is 382 g/mol. The zero-order valence-electron chi connectivity index (χ0n) is 14.3. The third-order valence-electron chi connectivity index (χ3n) is 4.15. The Labute approximate surface area is 156 Å². The van der Waals surface area contributed by atoms with Crippen LogP contribution in [-0.2, 0) is 13.0 Å². The van der Waals surface area contributed by atoms with Gasteiger partial charge in [0.2, 0.25) is 0 Å². The second-order valence-electron chi connectivity index (χ2n) is 5.93. The smallest absolute Gasteiger partial charge is 0.272 e. The van der Waals surface area contributed by atoms with E-state index in [1.807, 2.05) is 0 Å². The van der Waals surface area contributed by atoms with E-state index in [0.717, 1.165) is 24.2 Å². The number of H-pyrrole nitrogens is 1. The number of fused-ring (bicyclic) bond motifs is 1. The van der Waals surface area contributed by atoms with Gasteiger partial charge in [-0.3, -0.25) is 14.7 Å². The molecular weight excluding hydrogens is 361 g/mol. The number of aromatic amines is 1. The summed E-state index contributed by atoms with van der Waals surface area (Å²) in [5.41, 5.74) is 3.00. The predicted molar refractivity (Wildman–Crippen MR) is 97.0 cm³/mol. The Morgan fingerprint density at radius 1 is 1.23 bits per heavy atom. The van der Waals surface area contributed by atoms with Gasteiger partial charge in [0, 0.05) is 49.4 Å². The molecule has 7 nitrogen and oxygen atoms in total. The summed E-state index contributed by atoms with van der Waals surface area (Å²) in [5.74, 6) is -1.08. The second-order valence-corrected chi connectivity index (χ2v) is 5.93. The topological polar surface area (TPSA) is 98.9 Å². The van der Waals surface area contributed by atoms with E-state index in [2.05, 4.69) is 26.1 Å². The molecule has 0 fully saturated rings. The maximum absolute atomic E-state index is 13.5. The molecule has 2 aromatic rings. The minimum absolute atomic E-state index is 0. The van der Waals surface area contributed by atoms with E-state index in [1.165, 1.54) is 6.07 Å². The van der Waals surface area contributed by atoms with Crippen LogP contribution >= 0.6 is 12.4 Å². The summed E-state index contributed by atoms with van der Waals surface area (Å²) in [6.07, 6.45) is 0.818. The van der Waals surface area contributed by atoms with E-state index in [4.69, 9.17) is 0 Å². The van der Waals surface area contributed by atoms with E-state index in [0.29, 0.717) is 17.8 Å². The molecule has 0 bridgehead atoms. The van der Waals surface area contributed by atoms with Gasteiger partial charge in [-0.1, -0.05) is 6.07 Å². The third-order valence-corrected chi connectivity index (χ3v) is 4.15. The first kappa shape index (κ1) is 19.9. The first-order valence-electron chi connectivity index (χ1n) is 8.15. The number of benzene rings is 1. The van der Waals surface area contributed by atoms with Crippen LogP contribution in [0.25, 0.3) is 0 Å². The fraction of sp³-hybridized carbons (Fsp3) is 0.353. The van der Waals surface area contributed by atoms with Crippen LogP contribution in [0.1, 0.15) is 37.7 Å². The molecule has 26 heavy (non-hydrogen) atoms. The highest BCUT2D eigenvalue weighted by Crippen LogP contribution is 2.14.